The van der Waals surface area contributed by atoms with E-state index in [4.69, 9.17) is 16.3 Å². The predicted molar refractivity (Wildman–Crippen MR) is 68.1 cm³/mol. The van der Waals surface area contributed by atoms with Gasteiger partial charge in [0.2, 0.25) is 5.91 Å². The topological polar surface area (TPSA) is 29.5 Å². The van der Waals surface area contributed by atoms with Crippen LogP contribution in [0.4, 0.5) is 0 Å². The third-order valence-electron chi connectivity index (χ3n) is 4.02. The van der Waals surface area contributed by atoms with Crippen LogP contribution in [-0.2, 0) is 9.53 Å². The first-order valence-corrected chi connectivity index (χ1v) is 7.06. The van der Waals surface area contributed by atoms with Crippen molar-refractivity contribution in [3.8, 4) is 0 Å². The summed E-state index contributed by atoms with van der Waals surface area (Å²) >= 11 is 5.96. The van der Waals surface area contributed by atoms with Gasteiger partial charge in [0, 0.05) is 25.6 Å². The number of hydrogen-bond acceptors (Lipinski definition) is 2. The molecule has 1 saturated heterocycles. The molecule has 0 radical (unpaired) electrons. The summed E-state index contributed by atoms with van der Waals surface area (Å²) in [4.78, 5) is 14.2. The highest BCUT2D eigenvalue weighted by molar-refractivity contribution is 6.21. The Kier molecular flexibility index (Phi) is 4.31. The van der Waals surface area contributed by atoms with Crippen molar-refractivity contribution in [1.29, 1.82) is 0 Å². The molecule has 0 aromatic carbocycles. The molecule has 0 aromatic rings. The van der Waals surface area contributed by atoms with E-state index in [0.29, 0.717) is 11.3 Å². The molecule has 98 valence electrons. The second-order valence-corrected chi connectivity index (χ2v) is 5.98. The smallest absolute Gasteiger partial charge is 0.228 e. The van der Waals surface area contributed by atoms with E-state index in [1.54, 1.807) is 0 Å². The van der Waals surface area contributed by atoms with Crippen LogP contribution in [0.2, 0.25) is 0 Å². The number of carbonyl (C=O) groups is 1. The Morgan fingerprint density at radius 2 is 2.18 bits per heavy atom. The first-order valence-electron chi connectivity index (χ1n) is 6.62. The summed E-state index contributed by atoms with van der Waals surface area (Å²) in [5, 5.41) is 0.335. The van der Waals surface area contributed by atoms with Gasteiger partial charge in [0.1, 0.15) is 0 Å². The third-order valence-corrected chi connectivity index (χ3v) is 4.37. The van der Waals surface area contributed by atoms with Gasteiger partial charge in [0.05, 0.1) is 12.0 Å². The van der Waals surface area contributed by atoms with Crippen LogP contribution in [0.1, 0.15) is 32.6 Å². The minimum Gasteiger partial charge on any atom is -0.377 e. The van der Waals surface area contributed by atoms with Gasteiger partial charge in [-0.05, 0) is 31.6 Å². The fourth-order valence-electron chi connectivity index (χ4n) is 2.90. The van der Waals surface area contributed by atoms with Gasteiger partial charge in [0.15, 0.2) is 0 Å². The summed E-state index contributed by atoms with van der Waals surface area (Å²) in [5.41, 5.74) is 0. The molecule has 1 heterocycles. The van der Waals surface area contributed by atoms with Crippen LogP contribution in [-0.4, -0.2) is 42.5 Å². The van der Waals surface area contributed by atoms with Crippen LogP contribution in [0.5, 0.6) is 0 Å². The maximum Gasteiger partial charge on any atom is 0.228 e. The van der Waals surface area contributed by atoms with E-state index in [2.05, 4.69) is 6.92 Å². The quantitative estimate of drug-likeness (QED) is 0.725. The van der Waals surface area contributed by atoms with Crippen LogP contribution in [0, 0.1) is 11.8 Å². The molecule has 4 heteroatoms. The molecule has 3 nitrogen and oxygen atoms in total. The van der Waals surface area contributed by atoms with Crippen molar-refractivity contribution in [3.63, 3.8) is 0 Å². The SMILES string of the molecule is CCC1OCCC1C(=O)N(C)CC1CC(Cl)C1. The van der Waals surface area contributed by atoms with Gasteiger partial charge in [-0.3, -0.25) is 4.79 Å². The molecule has 0 N–H and O–H groups in total. The van der Waals surface area contributed by atoms with Crippen LogP contribution < -0.4 is 0 Å². The third kappa shape index (κ3) is 2.94. The van der Waals surface area contributed by atoms with E-state index >= 15 is 0 Å². The summed E-state index contributed by atoms with van der Waals surface area (Å²) < 4.78 is 5.58. The molecule has 2 atom stereocenters. The van der Waals surface area contributed by atoms with E-state index in [0.717, 1.165) is 38.8 Å². The number of nitrogens with zero attached hydrogens (tertiary/aromatic N) is 1. The first kappa shape index (κ1) is 13.2. The van der Waals surface area contributed by atoms with E-state index in [-0.39, 0.29) is 17.9 Å². The Hall–Kier alpha value is -0.280. The minimum absolute atomic E-state index is 0.0804. The van der Waals surface area contributed by atoms with E-state index in [9.17, 15) is 4.79 Å². The molecule has 1 saturated carbocycles. The molecular formula is C13H22ClNO2. The van der Waals surface area contributed by atoms with Gasteiger partial charge in [-0.15, -0.1) is 11.6 Å². The van der Waals surface area contributed by atoms with Gasteiger partial charge in [-0.2, -0.15) is 0 Å². The number of halogens is 1. The molecule has 2 aliphatic rings. The van der Waals surface area contributed by atoms with Crippen LogP contribution in [0.15, 0.2) is 0 Å². The lowest BCUT2D eigenvalue weighted by Crippen LogP contribution is -2.42. The monoisotopic (exact) mass is 259 g/mol. The van der Waals surface area contributed by atoms with Gasteiger partial charge in [-0.25, -0.2) is 0 Å². The zero-order chi connectivity index (χ0) is 12.4. The second-order valence-electron chi connectivity index (χ2n) is 5.37. The van der Waals surface area contributed by atoms with Gasteiger partial charge < -0.3 is 9.64 Å². The van der Waals surface area contributed by atoms with Crippen molar-refractivity contribution in [2.75, 3.05) is 20.2 Å². The Balaban J connectivity index is 1.82. The van der Waals surface area contributed by atoms with Gasteiger partial charge >= 0.3 is 0 Å². The Bertz CT molecular complexity index is 279. The lowest BCUT2D eigenvalue weighted by atomic mass is 9.84. The standard InChI is InChI=1S/C13H22ClNO2/c1-3-12-11(4-5-17-12)13(16)15(2)8-9-6-10(14)7-9/h9-12H,3-8H2,1-2H3. The molecular weight excluding hydrogens is 238 g/mol. The van der Waals surface area contributed by atoms with Crippen molar-refractivity contribution in [1.82, 2.24) is 4.90 Å². The summed E-state index contributed by atoms with van der Waals surface area (Å²) in [7, 11) is 1.91. The maximum atomic E-state index is 12.3. The molecule has 1 aliphatic heterocycles. The molecule has 1 amide bonds. The van der Waals surface area contributed by atoms with Crippen LogP contribution >= 0.6 is 11.6 Å². The minimum atomic E-state index is 0.0804. The summed E-state index contributed by atoms with van der Waals surface area (Å²) in [5.74, 6) is 0.943. The number of alkyl halides is 1. The fraction of sp³-hybridized carbons (Fsp3) is 0.923. The number of rotatable bonds is 4. The lowest BCUT2D eigenvalue weighted by molar-refractivity contribution is -0.136. The summed E-state index contributed by atoms with van der Waals surface area (Å²) in [6.45, 7) is 3.67. The van der Waals surface area contributed by atoms with Crippen LogP contribution in [0.25, 0.3) is 0 Å². The molecule has 0 spiro atoms. The fourth-order valence-corrected chi connectivity index (χ4v) is 3.40. The van der Waals surface area contributed by atoms with Crippen molar-refractivity contribution in [2.24, 2.45) is 11.8 Å². The maximum absolute atomic E-state index is 12.3. The van der Waals surface area contributed by atoms with Crippen molar-refractivity contribution in [3.05, 3.63) is 0 Å². The summed E-state index contributed by atoms with van der Waals surface area (Å²) in [6.07, 6.45) is 4.05. The highest BCUT2D eigenvalue weighted by Crippen LogP contribution is 2.33. The Labute approximate surface area is 108 Å². The molecule has 0 bridgehead atoms. The lowest BCUT2D eigenvalue weighted by Gasteiger charge is -2.35. The van der Waals surface area contributed by atoms with Crippen LogP contribution in [0.3, 0.4) is 0 Å². The largest absolute Gasteiger partial charge is 0.377 e. The van der Waals surface area contributed by atoms with E-state index in [1.165, 1.54) is 0 Å². The number of carbonyl (C=O) groups excluding carboxylic acids is 1. The number of amides is 1. The highest BCUT2D eigenvalue weighted by atomic mass is 35.5. The zero-order valence-electron chi connectivity index (χ0n) is 10.7. The van der Waals surface area contributed by atoms with Crippen molar-refractivity contribution < 1.29 is 9.53 Å². The molecule has 2 rings (SSSR count). The zero-order valence-corrected chi connectivity index (χ0v) is 11.4. The molecule has 0 aromatic heterocycles. The average Bonchev–Trinajstić information content (AvgIpc) is 2.73. The molecule has 1 aliphatic carbocycles. The van der Waals surface area contributed by atoms with Crippen molar-refractivity contribution in [2.45, 2.75) is 44.1 Å². The predicted octanol–water partition coefficient (Wildman–Crippen LogP) is 2.28. The van der Waals surface area contributed by atoms with Crippen molar-refractivity contribution >= 4 is 17.5 Å². The Morgan fingerprint density at radius 1 is 1.47 bits per heavy atom. The number of ether oxygens (including phenoxy) is 1. The van der Waals surface area contributed by atoms with E-state index in [1.807, 2.05) is 11.9 Å². The molecule has 17 heavy (non-hydrogen) atoms. The number of hydrogen-bond donors (Lipinski definition) is 0. The molecule has 2 unspecified atom stereocenters. The highest BCUT2D eigenvalue weighted by Gasteiger charge is 2.36. The van der Waals surface area contributed by atoms with Gasteiger partial charge in [-0.1, -0.05) is 6.92 Å². The molecule has 2 fully saturated rings. The van der Waals surface area contributed by atoms with E-state index < -0.39 is 0 Å². The summed E-state index contributed by atoms with van der Waals surface area (Å²) in [6, 6.07) is 0. The second kappa shape index (κ2) is 5.57. The van der Waals surface area contributed by atoms with Gasteiger partial charge in [0.25, 0.3) is 0 Å². The Morgan fingerprint density at radius 3 is 2.76 bits per heavy atom. The first-order chi connectivity index (χ1) is 8.11. The normalized spacial score (nSPS) is 36.6. The average molecular weight is 260 g/mol.